The SMILES string of the molecule is COc1cnc2c(-c3nc4cc(F)c(O[C@H]5CCC[C@H]5OC(C)=O)cc4s3)cc(C)cc2n1. The molecule has 0 spiro atoms. The third-order valence-corrected chi connectivity index (χ3v) is 6.69. The van der Waals surface area contributed by atoms with Gasteiger partial charge in [-0.3, -0.25) is 4.79 Å². The topological polar surface area (TPSA) is 83.4 Å². The number of carbonyl (C=O) groups excluding carboxylic acids is 1. The van der Waals surface area contributed by atoms with Gasteiger partial charge in [0.15, 0.2) is 11.6 Å². The van der Waals surface area contributed by atoms with Crippen molar-refractivity contribution < 1.29 is 23.4 Å². The van der Waals surface area contributed by atoms with Gasteiger partial charge >= 0.3 is 5.97 Å². The molecule has 0 N–H and O–H groups in total. The molecule has 2 aromatic heterocycles. The van der Waals surface area contributed by atoms with Gasteiger partial charge in [0.1, 0.15) is 17.2 Å². The average Bonchev–Trinajstić information content (AvgIpc) is 3.38. The lowest BCUT2D eigenvalue weighted by Crippen LogP contribution is -2.30. The lowest BCUT2D eigenvalue weighted by molar-refractivity contribution is -0.149. The summed E-state index contributed by atoms with van der Waals surface area (Å²) in [6.07, 6.45) is 3.14. The van der Waals surface area contributed by atoms with Gasteiger partial charge in [-0.15, -0.1) is 11.3 Å². The summed E-state index contributed by atoms with van der Waals surface area (Å²) in [7, 11) is 1.55. The molecule has 1 aliphatic rings. The maximum atomic E-state index is 14.9. The van der Waals surface area contributed by atoms with Gasteiger partial charge in [0.05, 0.1) is 34.6 Å². The van der Waals surface area contributed by atoms with Gasteiger partial charge in [-0.25, -0.2) is 19.3 Å². The molecule has 33 heavy (non-hydrogen) atoms. The number of methoxy groups -OCH3 is 1. The van der Waals surface area contributed by atoms with Crippen LogP contribution in [0.1, 0.15) is 31.7 Å². The number of fused-ring (bicyclic) bond motifs is 2. The van der Waals surface area contributed by atoms with Gasteiger partial charge in [0.25, 0.3) is 0 Å². The highest BCUT2D eigenvalue weighted by molar-refractivity contribution is 7.21. The van der Waals surface area contributed by atoms with Crippen molar-refractivity contribution in [3.8, 4) is 22.2 Å². The molecule has 1 saturated carbocycles. The number of aryl methyl sites for hydroxylation is 1. The van der Waals surface area contributed by atoms with Crippen molar-refractivity contribution in [1.82, 2.24) is 15.0 Å². The van der Waals surface area contributed by atoms with E-state index < -0.39 is 5.82 Å². The summed E-state index contributed by atoms with van der Waals surface area (Å²) in [5, 5.41) is 0.716. The van der Waals surface area contributed by atoms with E-state index in [1.54, 1.807) is 19.4 Å². The van der Waals surface area contributed by atoms with Gasteiger partial charge < -0.3 is 14.2 Å². The number of hydrogen-bond donors (Lipinski definition) is 0. The van der Waals surface area contributed by atoms with Crippen molar-refractivity contribution in [2.24, 2.45) is 0 Å². The number of carbonyl (C=O) groups is 1. The van der Waals surface area contributed by atoms with Crippen LogP contribution in [-0.2, 0) is 9.53 Å². The van der Waals surface area contributed by atoms with E-state index in [0.717, 1.165) is 22.2 Å². The van der Waals surface area contributed by atoms with Crippen molar-refractivity contribution in [1.29, 1.82) is 0 Å². The monoisotopic (exact) mass is 467 g/mol. The van der Waals surface area contributed by atoms with Crippen LogP contribution in [-0.4, -0.2) is 40.2 Å². The molecule has 5 rings (SSSR count). The quantitative estimate of drug-likeness (QED) is 0.372. The fraction of sp³-hybridized carbons (Fsp3) is 0.333. The van der Waals surface area contributed by atoms with Crippen LogP contribution in [0.5, 0.6) is 11.6 Å². The molecule has 0 saturated heterocycles. The Hall–Kier alpha value is -3.33. The highest BCUT2D eigenvalue weighted by Crippen LogP contribution is 2.38. The lowest BCUT2D eigenvalue weighted by atomic mass is 10.1. The zero-order valence-electron chi connectivity index (χ0n) is 18.4. The number of benzene rings is 2. The number of rotatable bonds is 5. The van der Waals surface area contributed by atoms with E-state index >= 15 is 0 Å². The van der Waals surface area contributed by atoms with Crippen LogP contribution in [0.3, 0.4) is 0 Å². The molecule has 0 unspecified atom stereocenters. The first-order chi connectivity index (χ1) is 15.9. The minimum absolute atomic E-state index is 0.139. The zero-order valence-corrected chi connectivity index (χ0v) is 19.2. The first-order valence-electron chi connectivity index (χ1n) is 10.7. The fourth-order valence-electron chi connectivity index (χ4n) is 4.18. The van der Waals surface area contributed by atoms with E-state index in [9.17, 15) is 9.18 Å². The summed E-state index contributed by atoms with van der Waals surface area (Å²) in [5.41, 5.74) is 3.78. The van der Waals surface area contributed by atoms with E-state index in [1.165, 1.54) is 24.3 Å². The maximum Gasteiger partial charge on any atom is 0.303 e. The Morgan fingerprint density at radius 1 is 1.12 bits per heavy atom. The van der Waals surface area contributed by atoms with Gasteiger partial charge in [-0.2, -0.15) is 0 Å². The number of hydrogen-bond acceptors (Lipinski definition) is 8. The van der Waals surface area contributed by atoms with E-state index in [-0.39, 0.29) is 23.9 Å². The molecular formula is C24H22FN3O4S. The summed E-state index contributed by atoms with van der Waals surface area (Å²) in [5.74, 6) is -0.275. The Morgan fingerprint density at radius 2 is 1.94 bits per heavy atom. The lowest BCUT2D eigenvalue weighted by Gasteiger charge is -2.21. The fourth-order valence-corrected chi connectivity index (χ4v) is 5.18. The molecule has 2 atom stereocenters. The standard InChI is InChI=1S/C24H22FN3O4S/c1-12-7-14(23-17(8-12)27-22(30-3)11-26-23)24-28-16-9-15(25)20(10-21(16)33-24)32-19-6-4-5-18(19)31-13(2)29/h7-11,18-19H,4-6H2,1-3H3/t18-,19+/m1/s1. The van der Waals surface area contributed by atoms with Crippen LogP contribution in [0.2, 0.25) is 0 Å². The summed E-state index contributed by atoms with van der Waals surface area (Å²) >= 11 is 1.43. The van der Waals surface area contributed by atoms with E-state index in [4.69, 9.17) is 14.2 Å². The van der Waals surface area contributed by atoms with Gasteiger partial charge in [-0.1, -0.05) is 0 Å². The molecule has 0 radical (unpaired) electrons. The maximum absolute atomic E-state index is 14.9. The van der Waals surface area contributed by atoms with Gasteiger partial charge in [0.2, 0.25) is 5.88 Å². The Labute approximate surface area is 193 Å². The second kappa shape index (κ2) is 8.55. The number of aromatic nitrogens is 3. The molecule has 9 heteroatoms. The molecular weight excluding hydrogens is 445 g/mol. The molecule has 0 bridgehead atoms. The number of halogens is 1. The smallest absolute Gasteiger partial charge is 0.303 e. The average molecular weight is 468 g/mol. The third kappa shape index (κ3) is 4.20. The Balaban J connectivity index is 1.52. The molecule has 170 valence electrons. The van der Waals surface area contributed by atoms with Crippen LogP contribution in [0.4, 0.5) is 4.39 Å². The van der Waals surface area contributed by atoms with Crippen molar-refractivity contribution in [3.05, 3.63) is 41.8 Å². The molecule has 4 aromatic rings. The highest BCUT2D eigenvalue weighted by Gasteiger charge is 2.32. The van der Waals surface area contributed by atoms with Crippen molar-refractivity contribution >= 4 is 38.6 Å². The number of nitrogens with zero attached hydrogens (tertiary/aromatic N) is 3. The van der Waals surface area contributed by atoms with Crippen molar-refractivity contribution in [2.45, 2.75) is 45.3 Å². The number of ether oxygens (including phenoxy) is 3. The van der Waals surface area contributed by atoms with E-state index in [0.29, 0.717) is 40.3 Å². The van der Waals surface area contributed by atoms with Crippen LogP contribution in [0.25, 0.3) is 31.8 Å². The molecule has 0 amide bonds. The number of thiazole rings is 1. The van der Waals surface area contributed by atoms with Crippen LogP contribution < -0.4 is 9.47 Å². The summed E-state index contributed by atoms with van der Waals surface area (Å²) < 4.78 is 32.1. The summed E-state index contributed by atoms with van der Waals surface area (Å²) in [6.45, 7) is 3.35. The van der Waals surface area contributed by atoms with Crippen LogP contribution >= 0.6 is 11.3 Å². The van der Waals surface area contributed by atoms with Gasteiger partial charge in [0, 0.05) is 24.6 Å². The second-order valence-electron chi connectivity index (χ2n) is 8.10. The minimum atomic E-state index is -0.494. The second-order valence-corrected chi connectivity index (χ2v) is 9.13. The van der Waals surface area contributed by atoms with E-state index in [2.05, 4.69) is 15.0 Å². The van der Waals surface area contributed by atoms with Crippen LogP contribution in [0.15, 0.2) is 30.5 Å². The predicted octanol–water partition coefficient (Wildman–Crippen LogP) is 5.23. The largest absolute Gasteiger partial charge is 0.483 e. The highest BCUT2D eigenvalue weighted by atomic mass is 32.1. The molecule has 2 heterocycles. The Bertz CT molecular complexity index is 1370. The van der Waals surface area contributed by atoms with E-state index in [1.807, 2.05) is 19.1 Å². The Kier molecular flexibility index (Phi) is 5.57. The Morgan fingerprint density at radius 3 is 2.73 bits per heavy atom. The molecule has 1 fully saturated rings. The third-order valence-electron chi connectivity index (χ3n) is 5.64. The minimum Gasteiger partial charge on any atom is -0.483 e. The van der Waals surface area contributed by atoms with Crippen LogP contribution in [0, 0.1) is 12.7 Å². The molecule has 0 aliphatic heterocycles. The van der Waals surface area contributed by atoms with Crippen molar-refractivity contribution in [2.75, 3.05) is 7.11 Å². The van der Waals surface area contributed by atoms with Crippen molar-refractivity contribution in [3.63, 3.8) is 0 Å². The summed E-state index contributed by atoms with van der Waals surface area (Å²) in [4.78, 5) is 25.0. The molecule has 2 aromatic carbocycles. The molecule has 1 aliphatic carbocycles. The normalized spacial score (nSPS) is 18.1. The predicted molar refractivity (Wildman–Crippen MR) is 123 cm³/mol. The molecule has 7 nitrogen and oxygen atoms in total. The summed E-state index contributed by atoms with van der Waals surface area (Å²) in [6, 6.07) is 6.99. The zero-order chi connectivity index (χ0) is 23.1. The van der Waals surface area contributed by atoms with Gasteiger partial charge in [-0.05, 0) is 43.9 Å². The first kappa shape index (κ1) is 21.5. The number of esters is 1. The first-order valence-corrected chi connectivity index (χ1v) is 11.5.